The number of carbonyl (C=O) groups excluding carboxylic acids is 1. The van der Waals surface area contributed by atoms with Crippen LogP contribution in [0.4, 0.5) is 5.82 Å². The predicted molar refractivity (Wildman–Crippen MR) is 71.5 cm³/mol. The molecule has 3 rings (SSSR count). The fourth-order valence-corrected chi connectivity index (χ4v) is 2.40. The molecule has 0 amide bonds. The highest BCUT2D eigenvalue weighted by atomic mass is 16.1. The first-order valence-electron chi connectivity index (χ1n) is 6.19. The summed E-state index contributed by atoms with van der Waals surface area (Å²) in [5.74, 6) is 0.846. The van der Waals surface area contributed by atoms with E-state index in [1.807, 2.05) is 41.5 Å². The van der Waals surface area contributed by atoms with Crippen LogP contribution in [-0.4, -0.2) is 28.8 Å². The van der Waals surface area contributed by atoms with E-state index in [0.29, 0.717) is 6.54 Å². The second-order valence-corrected chi connectivity index (χ2v) is 4.44. The second-order valence-electron chi connectivity index (χ2n) is 4.44. The van der Waals surface area contributed by atoms with Crippen LogP contribution in [0.15, 0.2) is 48.9 Å². The first-order valence-corrected chi connectivity index (χ1v) is 6.19. The largest absolute Gasteiger partial charge is 0.301 e. The van der Waals surface area contributed by atoms with Crippen LogP contribution in [0.5, 0.6) is 0 Å². The zero-order chi connectivity index (χ0) is 13.1. The molecule has 1 N–H and O–H groups in total. The second kappa shape index (κ2) is 5.16. The smallest absolute Gasteiger partial charge is 0.144 e. The molecule has 2 atom stereocenters. The molecule has 2 aromatic rings. The number of hydrazine groups is 1. The minimum absolute atomic E-state index is 0.0909. The molecule has 96 valence electrons. The van der Waals surface area contributed by atoms with Gasteiger partial charge in [-0.2, -0.15) is 0 Å². The van der Waals surface area contributed by atoms with Gasteiger partial charge in [-0.25, -0.2) is 10.4 Å². The van der Waals surface area contributed by atoms with Crippen LogP contribution >= 0.6 is 0 Å². The van der Waals surface area contributed by atoms with E-state index in [9.17, 15) is 4.79 Å². The van der Waals surface area contributed by atoms with E-state index >= 15 is 0 Å². The number of nitrogens with one attached hydrogen (secondary N) is 1. The van der Waals surface area contributed by atoms with Gasteiger partial charge in [0.2, 0.25) is 0 Å². The summed E-state index contributed by atoms with van der Waals surface area (Å²) < 4.78 is 0. The monoisotopic (exact) mass is 254 g/mol. The van der Waals surface area contributed by atoms with Gasteiger partial charge in [0.1, 0.15) is 18.1 Å². The molecule has 0 aromatic carbocycles. The van der Waals surface area contributed by atoms with Crippen LogP contribution in [0, 0.1) is 0 Å². The van der Waals surface area contributed by atoms with E-state index in [-0.39, 0.29) is 12.0 Å². The van der Waals surface area contributed by atoms with Gasteiger partial charge < -0.3 is 4.79 Å². The SMILES string of the molecule is O=CC1C(c2cccnc2)CNN1c1ccccn1. The normalized spacial score (nSPS) is 22.4. The lowest BCUT2D eigenvalue weighted by Gasteiger charge is -2.23. The predicted octanol–water partition coefficient (Wildman–Crippen LogP) is 1.15. The summed E-state index contributed by atoms with van der Waals surface area (Å²) in [6.45, 7) is 0.700. The lowest BCUT2D eigenvalue weighted by Crippen LogP contribution is -2.39. The molecule has 0 aliphatic carbocycles. The summed E-state index contributed by atoms with van der Waals surface area (Å²) in [6.07, 6.45) is 6.23. The summed E-state index contributed by atoms with van der Waals surface area (Å²) in [5.41, 5.74) is 4.29. The molecule has 19 heavy (non-hydrogen) atoms. The lowest BCUT2D eigenvalue weighted by atomic mass is 9.95. The molecule has 0 spiro atoms. The van der Waals surface area contributed by atoms with Gasteiger partial charge in [-0.05, 0) is 23.8 Å². The molecule has 1 fully saturated rings. The maximum Gasteiger partial charge on any atom is 0.144 e. The number of hydrogen-bond acceptors (Lipinski definition) is 5. The Morgan fingerprint density at radius 3 is 2.89 bits per heavy atom. The first kappa shape index (κ1) is 11.8. The maximum atomic E-state index is 11.4. The minimum Gasteiger partial charge on any atom is -0.301 e. The van der Waals surface area contributed by atoms with E-state index in [2.05, 4.69) is 15.4 Å². The summed E-state index contributed by atoms with van der Waals surface area (Å²) in [4.78, 5) is 19.8. The molecular weight excluding hydrogens is 240 g/mol. The third-order valence-electron chi connectivity index (χ3n) is 3.34. The Morgan fingerprint density at radius 1 is 1.26 bits per heavy atom. The number of aromatic nitrogens is 2. The summed E-state index contributed by atoms with van der Waals surface area (Å²) >= 11 is 0. The molecule has 1 saturated heterocycles. The van der Waals surface area contributed by atoms with Crippen molar-refractivity contribution in [2.75, 3.05) is 11.6 Å². The van der Waals surface area contributed by atoms with Crippen LogP contribution in [-0.2, 0) is 4.79 Å². The third-order valence-corrected chi connectivity index (χ3v) is 3.34. The quantitative estimate of drug-likeness (QED) is 0.833. The number of anilines is 1. The van der Waals surface area contributed by atoms with Gasteiger partial charge in [-0.1, -0.05) is 12.1 Å². The lowest BCUT2D eigenvalue weighted by molar-refractivity contribution is -0.109. The van der Waals surface area contributed by atoms with Crippen molar-refractivity contribution in [3.63, 3.8) is 0 Å². The van der Waals surface area contributed by atoms with Gasteiger partial charge in [0.15, 0.2) is 0 Å². The van der Waals surface area contributed by atoms with Crippen molar-refractivity contribution >= 4 is 12.1 Å². The number of nitrogens with zero attached hydrogens (tertiary/aromatic N) is 3. The minimum atomic E-state index is -0.265. The first-order chi connectivity index (χ1) is 9.40. The average Bonchev–Trinajstić information content (AvgIpc) is 2.93. The van der Waals surface area contributed by atoms with E-state index in [1.165, 1.54) is 0 Å². The number of carbonyl (C=O) groups is 1. The molecular formula is C14H14N4O. The Labute approximate surface area is 111 Å². The molecule has 0 radical (unpaired) electrons. The maximum absolute atomic E-state index is 11.4. The Morgan fingerprint density at radius 2 is 2.21 bits per heavy atom. The zero-order valence-electron chi connectivity index (χ0n) is 10.3. The summed E-state index contributed by atoms with van der Waals surface area (Å²) in [6, 6.07) is 9.27. The molecule has 1 aliphatic heterocycles. The van der Waals surface area contributed by atoms with E-state index < -0.39 is 0 Å². The molecule has 5 nitrogen and oxygen atoms in total. The van der Waals surface area contributed by atoms with Crippen LogP contribution in [0.1, 0.15) is 11.5 Å². The van der Waals surface area contributed by atoms with Gasteiger partial charge in [0, 0.05) is 31.1 Å². The third kappa shape index (κ3) is 2.20. The fourth-order valence-electron chi connectivity index (χ4n) is 2.40. The van der Waals surface area contributed by atoms with Crippen LogP contribution in [0.25, 0.3) is 0 Å². The van der Waals surface area contributed by atoms with Gasteiger partial charge in [-0.15, -0.1) is 0 Å². The van der Waals surface area contributed by atoms with Crippen molar-refractivity contribution in [1.29, 1.82) is 0 Å². The number of rotatable bonds is 3. The van der Waals surface area contributed by atoms with Crippen molar-refractivity contribution in [2.24, 2.45) is 0 Å². The molecule has 2 unspecified atom stereocenters. The number of pyridine rings is 2. The molecule has 5 heteroatoms. The highest BCUT2D eigenvalue weighted by molar-refractivity contribution is 5.68. The van der Waals surface area contributed by atoms with Crippen molar-refractivity contribution in [3.8, 4) is 0 Å². The summed E-state index contributed by atoms with van der Waals surface area (Å²) in [7, 11) is 0. The molecule has 2 aromatic heterocycles. The van der Waals surface area contributed by atoms with Gasteiger partial charge in [0.25, 0.3) is 0 Å². The molecule has 0 bridgehead atoms. The zero-order valence-corrected chi connectivity index (χ0v) is 10.3. The molecule has 3 heterocycles. The number of aldehydes is 1. The Kier molecular flexibility index (Phi) is 3.20. The highest BCUT2D eigenvalue weighted by Crippen LogP contribution is 2.28. The van der Waals surface area contributed by atoms with Gasteiger partial charge in [0.05, 0.1) is 0 Å². The highest BCUT2D eigenvalue weighted by Gasteiger charge is 2.35. The topological polar surface area (TPSA) is 58.1 Å². The van der Waals surface area contributed by atoms with Gasteiger partial charge >= 0.3 is 0 Å². The van der Waals surface area contributed by atoms with Crippen molar-refractivity contribution < 1.29 is 4.79 Å². The average molecular weight is 254 g/mol. The van der Waals surface area contributed by atoms with E-state index in [4.69, 9.17) is 0 Å². The van der Waals surface area contributed by atoms with E-state index in [1.54, 1.807) is 12.4 Å². The number of hydrogen-bond donors (Lipinski definition) is 1. The Balaban J connectivity index is 1.89. The van der Waals surface area contributed by atoms with Crippen molar-refractivity contribution in [1.82, 2.24) is 15.4 Å². The Hall–Kier alpha value is -2.27. The molecule has 0 saturated carbocycles. The van der Waals surface area contributed by atoms with Gasteiger partial charge in [-0.3, -0.25) is 9.99 Å². The van der Waals surface area contributed by atoms with E-state index in [0.717, 1.165) is 17.7 Å². The van der Waals surface area contributed by atoms with Crippen LogP contribution in [0.3, 0.4) is 0 Å². The van der Waals surface area contributed by atoms with Crippen molar-refractivity contribution in [3.05, 3.63) is 54.5 Å². The summed E-state index contributed by atoms with van der Waals surface area (Å²) in [5, 5.41) is 1.82. The van der Waals surface area contributed by atoms with Crippen LogP contribution in [0.2, 0.25) is 0 Å². The van der Waals surface area contributed by atoms with Crippen LogP contribution < -0.4 is 10.4 Å². The van der Waals surface area contributed by atoms with Crippen molar-refractivity contribution in [2.45, 2.75) is 12.0 Å². The molecule has 1 aliphatic rings. The standard InChI is InChI=1S/C14H14N4O/c19-10-13-12(11-4-3-6-15-8-11)9-17-18(13)14-5-1-2-7-16-14/h1-8,10,12-13,17H,9H2. The fraction of sp³-hybridized carbons (Fsp3) is 0.214. The Bertz CT molecular complexity index is 498.